The zero-order chi connectivity index (χ0) is 11.2. The first-order valence-corrected chi connectivity index (χ1v) is 5.29. The third-order valence-corrected chi connectivity index (χ3v) is 2.65. The minimum absolute atomic E-state index is 0.333. The zero-order valence-corrected chi connectivity index (χ0v) is 10.1. The molecule has 0 N–H and O–H groups in total. The molecule has 15 heavy (non-hydrogen) atoms. The lowest BCUT2D eigenvalue weighted by Gasteiger charge is -2.02. The maximum absolute atomic E-state index is 13.6. The number of aromatic nitrogens is 2. The maximum Gasteiger partial charge on any atom is 0.173 e. The highest BCUT2D eigenvalue weighted by Gasteiger charge is 2.12. The number of rotatable bonds is 1. The average molecular weight is 269 g/mol. The predicted molar refractivity (Wildman–Crippen MR) is 62.3 cm³/mol. The quantitative estimate of drug-likeness (QED) is 0.773. The van der Waals surface area contributed by atoms with Crippen molar-refractivity contribution in [3.8, 4) is 0 Å². The molecule has 0 aliphatic heterocycles. The van der Waals surface area contributed by atoms with Gasteiger partial charge in [0.15, 0.2) is 11.5 Å². The summed E-state index contributed by atoms with van der Waals surface area (Å²) in [5.74, 6) is -0.333. The molecule has 0 saturated carbocycles. The molecule has 2 nitrogen and oxygen atoms in total. The topological polar surface area (TPSA) is 17.3 Å². The van der Waals surface area contributed by atoms with Crippen molar-refractivity contribution in [1.82, 2.24) is 9.38 Å². The van der Waals surface area contributed by atoms with Crippen molar-refractivity contribution in [2.75, 3.05) is 0 Å². The van der Waals surface area contributed by atoms with Gasteiger partial charge in [-0.3, -0.25) is 4.40 Å². The standard InChI is InChI=1S/C11H10BrFN2/c1-6(2)10-7(3)14-11-9(13)4-8(12)5-15(10)11/h4-5H,1H2,2-3H3. The first-order chi connectivity index (χ1) is 7.00. The van der Waals surface area contributed by atoms with Crippen LogP contribution in [0.4, 0.5) is 4.39 Å². The summed E-state index contributed by atoms with van der Waals surface area (Å²) in [6.45, 7) is 7.61. The number of hydrogen-bond acceptors (Lipinski definition) is 1. The molecule has 0 atom stereocenters. The molecular weight excluding hydrogens is 259 g/mol. The van der Waals surface area contributed by atoms with Crippen LogP contribution in [0.15, 0.2) is 23.3 Å². The summed E-state index contributed by atoms with van der Waals surface area (Å²) in [6.07, 6.45) is 1.79. The van der Waals surface area contributed by atoms with Crippen LogP contribution in [0.2, 0.25) is 0 Å². The van der Waals surface area contributed by atoms with Crippen LogP contribution in [0.1, 0.15) is 18.3 Å². The molecule has 0 aliphatic rings. The van der Waals surface area contributed by atoms with Crippen LogP contribution in [0.25, 0.3) is 11.2 Å². The summed E-state index contributed by atoms with van der Waals surface area (Å²) in [5, 5.41) is 0. The van der Waals surface area contributed by atoms with E-state index in [1.54, 1.807) is 10.6 Å². The van der Waals surface area contributed by atoms with Gasteiger partial charge in [0, 0.05) is 10.7 Å². The average Bonchev–Trinajstić information content (AvgIpc) is 2.41. The zero-order valence-electron chi connectivity index (χ0n) is 8.51. The van der Waals surface area contributed by atoms with Crippen LogP contribution in [0, 0.1) is 12.7 Å². The van der Waals surface area contributed by atoms with E-state index in [2.05, 4.69) is 27.5 Å². The number of fused-ring (bicyclic) bond motifs is 1. The number of nitrogens with zero attached hydrogens (tertiary/aromatic N) is 2. The third kappa shape index (κ3) is 1.59. The van der Waals surface area contributed by atoms with E-state index in [1.165, 1.54) is 6.07 Å². The van der Waals surface area contributed by atoms with Gasteiger partial charge in [-0.05, 0) is 41.4 Å². The van der Waals surface area contributed by atoms with Gasteiger partial charge < -0.3 is 0 Å². The number of aryl methyl sites for hydroxylation is 1. The Labute approximate surface area is 95.6 Å². The number of pyridine rings is 1. The van der Waals surface area contributed by atoms with E-state index >= 15 is 0 Å². The fourth-order valence-corrected chi connectivity index (χ4v) is 2.11. The van der Waals surface area contributed by atoms with Crippen molar-refractivity contribution in [2.45, 2.75) is 13.8 Å². The molecule has 78 valence electrons. The lowest BCUT2D eigenvalue weighted by molar-refractivity contribution is 0.628. The normalized spacial score (nSPS) is 10.9. The van der Waals surface area contributed by atoms with Gasteiger partial charge in [0.05, 0.1) is 11.4 Å². The summed E-state index contributed by atoms with van der Waals surface area (Å²) < 4.78 is 16.0. The van der Waals surface area contributed by atoms with E-state index in [-0.39, 0.29) is 5.82 Å². The molecule has 0 fully saturated rings. The Morgan fingerprint density at radius 1 is 1.60 bits per heavy atom. The maximum atomic E-state index is 13.6. The summed E-state index contributed by atoms with van der Waals surface area (Å²) in [4.78, 5) is 4.18. The number of allylic oxidation sites excluding steroid dienone is 1. The van der Waals surface area contributed by atoms with E-state index in [0.717, 1.165) is 17.0 Å². The second-order valence-electron chi connectivity index (χ2n) is 3.53. The predicted octanol–water partition coefficient (Wildman–Crippen LogP) is 3.58. The molecule has 2 heterocycles. The van der Waals surface area contributed by atoms with Crippen molar-refractivity contribution in [3.05, 3.63) is 40.5 Å². The van der Waals surface area contributed by atoms with Gasteiger partial charge >= 0.3 is 0 Å². The molecule has 0 unspecified atom stereocenters. The summed E-state index contributed by atoms with van der Waals surface area (Å²) in [6, 6.07) is 1.41. The number of hydrogen-bond donors (Lipinski definition) is 0. The monoisotopic (exact) mass is 268 g/mol. The first-order valence-electron chi connectivity index (χ1n) is 4.50. The Kier molecular flexibility index (Phi) is 2.38. The molecule has 2 rings (SSSR count). The van der Waals surface area contributed by atoms with E-state index in [9.17, 15) is 4.39 Å². The van der Waals surface area contributed by atoms with Crippen LogP contribution >= 0.6 is 15.9 Å². The third-order valence-electron chi connectivity index (χ3n) is 2.22. The fraction of sp³-hybridized carbons (Fsp3) is 0.182. The van der Waals surface area contributed by atoms with Gasteiger partial charge in [0.25, 0.3) is 0 Å². The molecule has 0 aromatic carbocycles. The van der Waals surface area contributed by atoms with Crippen LogP contribution in [0.5, 0.6) is 0 Å². The Balaban J connectivity index is 2.93. The Bertz CT molecular complexity index is 557. The highest BCUT2D eigenvalue weighted by molar-refractivity contribution is 9.10. The highest BCUT2D eigenvalue weighted by atomic mass is 79.9. The second kappa shape index (κ2) is 3.45. The van der Waals surface area contributed by atoms with Crippen LogP contribution in [-0.4, -0.2) is 9.38 Å². The summed E-state index contributed by atoms with van der Waals surface area (Å²) >= 11 is 3.26. The molecule has 0 aliphatic carbocycles. The SMILES string of the molecule is C=C(C)c1c(C)nc2c(F)cc(Br)cn12. The molecule has 2 aromatic heterocycles. The first kappa shape index (κ1) is 10.4. The van der Waals surface area contributed by atoms with E-state index < -0.39 is 0 Å². The largest absolute Gasteiger partial charge is 0.296 e. The van der Waals surface area contributed by atoms with Crippen molar-refractivity contribution in [1.29, 1.82) is 0 Å². The minimum atomic E-state index is -0.333. The Morgan fingerprint density at radius 2 is 2.27 bits per heavy atom. The molecule has 0 radical (unpaired) electrons. The molecule has 0 saturated heterocycles. The van der Waals surface area contributed by atoms with Crippen molar-refractivity contribution >= 4 is 27.2 Å². The van der Waals surface area contributed by atoms with Gasteiger partial charge in [-0.2, -0.15) is 0 Å². The van der Waals surface area contributed by atoms with Gasteiger partial charge in [-0.15, -0.1) is 0 Å². The van der Waals surface area contributed by atoms with E-state index in [4.69, 9.17) is 0 Å². The van der Waals surface area contributed by atoms with Crippen LogP contribution in [0.3, 0.4) is 0 Å². The summed E-state index contributed by atoms with van der Waals surface area (Å²) in [5.41, 5.74) is 2.87. The lowest BCUT2D eigenvalue weighted by atomic mass is 10.2. The second-order valence-corrected chi connectivity index (χ2v) is 4.44. The molecule has 0 amide bonds. The summed E-state index contributed by atoms with van der Waals surface area (Å²) in [7, 11) is 0. The smallest absolute Gasteiger partial charge is 0.173 e. The molecule has 0 spiro atoms. The van der Waals surface area contributed by atoms with Gasteiger partial charge in [-0.1, -0.05) is 6.58 Å². The van der Waals surface area contributed by atoms with E-state index in [1.807, 2.05) is 13.8 Å². The number of halogens is 2. The Hall–Kier alpha value is -1.16. The van der Waals surface area contributed by atoms with E-state index in [0.29, 0.717) is 10.1 Å². The van der Waals surface area contributed by atoms with Gasteiger partial charge in [0.2, 0.25) is 0 Å². The number of imidazole rings is 1. The van der Waals surface area contributed by atoms with Crippen molar-refractivity contribution < 1.29 is 4.39 Å². The van der Waals surface area contributed by atoms with Gasteiger partial charge in [-0.25, -0.2) is 9.37 Å². The molecular formula is C11H10BrFN2. The highest BCUT2D eigenvalue weighted by Crippen LogP contribution is 2.23. The van der Waals surface area contributed by atoms with Crippen molar-refractivity contribution in [3.63, 3.8) is 0 Å². The Morgan fingerprint density at radius 3 is 2.87 bits per heavy atom. The molecule has 4 heteroatoms. The molecule has 2 aromatic rings. The molecule has 0 bridgehead atoms. The van der Waals surface area contributed by atoms with Crippen LogP contribution < -0.4 is 0 Å². The van der Waals surface area contributed by atoms with Crippen molar-refractivity contribution in [2.24, 2.45) is 0 Å². The lowest BCUT2D eigenvalue weighted by Crippen LogP contribution is -1.93. The minimum Gasteiger partial charge on any atom is -0.296 e. The van der Waals surface area contributed by atoms with Crippen LogP contribution in [-0.2, 0) is 0 Å². The van der Waals surface area contributed by atoms with Gasteiger partial charge in [0.1, 0.15) is 0 Å². The fourth-order valence-electron chi connectivity index (χ4n) is 1.70.